The second-order valence-corrected chi connectivity index (χ2v) is 5.82. The van der Waals surface area contributed by atoms with Gasteiger partial charge in [0.15, 0.2) is 12.2 Å². The van der Waals surface area contributed by atoms with Crippen molar-refractivity contribution in [2.75, 3.05) is 10.6 Å². The van der Waals surface area contributed by atoms with Gasteiger partial charge >= 0.3 is 0 Å². The van der Waals surface area contributed by atoms with E-state index in [2.05, 4.69) is 20.6 Å². The van der Waals surface area contributed by atoms with Gasteiger partial charge in [-0.3, -0.25) is 4.79 Å². The van der Waals surface area contributed by atoms with E-state index in [-0.39, 0.29) is 5.91 Å². The molecule has 6 heteroatoms. The normalized spacial score (nSPS) is 10.4. The number of para-hydroxylation sites is 1. The van der Waals surface area contributed by atoms with Crippen LogP contribution in [-0.2, 0) is 0 Å². The molecule has 4 rings (SSSR count). The van der Waals surface area contributed by atoms with Gasteiger partial charge in [0.2, 0.25) is 0 Å². The van der Waals surface area contributed by atoms with Crippen LogP contribution in [0.3, 0.4) is 0 Å². The number of nitrogens with one attached hydrogen (secondary N) is 2. The van der Waals surface area contributed by atoms with E-state index < -0.39 is 0 Å². The third kappa shape index (κ3) is 4.01. The van der Waals surface area contributed by atoms with Gasteiger partial charge in [-0.25, -0.2) is 9.97 Å². The van der Waals surface area contributed by atoms with Crippen molar-refractivity contribution in [1.82, 2.24) is 9.97 Å². The van der Waals surface area contributed by atoms with Crippen molar-refractivity contribution in [1.29, 1.82) is 0 Å². The van der Waals surface area contributed by atoms with Crippen LogP contribution < -0.4 is 10.6 Å². The first-order valence-electron chi connectivity index (χ1n) is 8.36. The molecule has 0 unspecified atom stereocenters. The number of carbonyl (C=O) groups is 1. The Morgan fingerprint density at radius 2 is 1.67 bits per heavy atom. The molecule has 27 heavy (non-hydrogen) atoms. The predicted octanol–water partition coefficient (Wildman–Crippen LogP) is 4.73. The molecule has 0 radical (unpaired) electrons. The number of oxazole rings is 1. The summed E-state index contributed by atoms with van der Waals surface area (Å²) in [7, 11) is 0. The molecule has 1 amide bonds. The number of anilines is 3. The molecule has 4 aromatic rings. The molecule has 0 aliphatic carbocycles. The molecule has 0 spiro atoms. The van der Waals surface area contributed by atoms with E-state index in [9.17, 15) is 4.79 Å². The topological polar surface area (TPSA) is 80.0 Å². The minimum absolute atomic E-state index is 0.204. The number of rotatable bonds is 5. The van der Waals surface area contributed by atoms with E-state index in [4.69, 9.17) is 4.42 Å². The van der Waals surface area contributed by atoms with Crippen LogP contribution >= 0.6 is 0 Å². The highest BCUT2D eigenvalue weighted by Crippen LogP contribution is 2.20. The zero-order chi connectivity index (χ0) is 18.5. The van der Waals surface area contributed by atoms with E-state index in [1.54, 1.807) is 30.6 Å². The molecule has 2 N–H and O–H groups in total. The number of benzene rings is 2. The third-order valence-electron chi connectivity index (χ3n) is 3.93. The molecule has 2 aromatic carbocycles. The maximum atomic E-state index is 12.4. The summed E-state index contributed by atoms with van der Waals surface area (Å²) in [6.45, 7) is 0. The lowest BCUT2D eigenvalue weighted by Crippen LogP contribution is -2.12. The Labute approximate surface area is 155 Å². The number of hydrogen-bond acceptors (Lipinski definition) is 5. The first-order valence-corrected chi connectivity index (χ1v) is 8.36. The molecule has 2 aromatic heterocycles. The van der Waals surface area contributed by atoms with Crippen molar-refractivity contribution >= 4 is 23.1 Å². The zero-order valence-electron chi connectivity index (χ0n) is 14.3. The third-order valence-corrected chi connectivity index (χ3v) is 3.93. The zero-order valence-corrected chi connectivity index (χ0v) is 14.3. The Morgan fingerprint density at radius 3 is 2.33 bits per heavy atom. The minimum Gasteiger partial charge on any atom is -0.444 e. The van der Waals surface area contributed by atoms with Crippen LogP contribution in [0.2, 0.25) is 0 Å². The van der Waals surface area contributed by atoms with Crippen LogP contribution in [0.25, 0.3) is 11.3 Å². The molecule has 0 fully saturated rings. The number of aromatic nitrogens is 2. The minimum atomic E-state index is -0.204. The molecule has 0 atom stereocenters. The molecule has 0 saturated carbocycles. The fourth-order valence-corrected chi connectivity index (χ4v) is 2.56. The van der Waals surface area contributed by atoms with Gasteiger partial charge in [0.05, 0.1) is 18.1 Å². The fraction of sp³-hybridized carbons (Fsp3) is 0. The van der Waals surface area contributed by atoms with Gasteiger partial charge in [-0.15, -0.1) is 0 Å². The van der Waals surface area contributed by atoms with Crippen LogP contribution in [0.5, 0.6) is 0 Å². The largest absolute Gasteiger partial charge is 0.444 e. The Morgan fingerprint density at radius 1 is 0.852 bits per heavy atom. The second kappa shape index (κ2) is 7.53. The van der Waals surface area contributed by atoms with E-state index in [0.29, 0.717) is 22.8 Å². The Kier molecular flexibility index (Phi) is 4.61. The first kappa shape index (κ1) is 16.5. The summed E-state index contributed by atoms with van der Waals surface area (Å²) >= 11 is 0. The summed E-state index contributed by atoms with van der Waals surface area (Å²) < 4.78 is 5.24. The monoisotopic (exact) mass is 356 g/mol. The first-order chi connectivity index (χ1) is 13.3. The molecule has 6 nitrogen and oxygen atoms in total. The van der Waals surface area contributed by atoms with Crippen molar-refractivity contribution in [3.8, 4) is 11.3 Å². The average Bonchev–Trinajstić information content (AvgIpc) is 3.25. The van der Waals surface area contributed by atoms with Gasteiger partial charge in [-0.1, -0.05) is 30.3 Å². The van der Waals surface area contributed by atoms with Crippen molar-refractivity contribution < 1.29 is 9.21 Å². The SMILES string of the molecule is O=C(Nc1ccc(Nc2ccccc2)nc1)c1ccc(-c2cnco2)cc1. The number of pyridine rings is 1. The highest BCUT2D eigenvalue weighted by atomic mass is 16.3. The Balaban J connectivity index is 1.40. The van der Waals surface area contributed by atoms with Crippen molar-refractivity contribution in [2.45, 2.75) is 0 Å². The summed E-state index contributed by atoms with van der Waals surface area (Å²) in [5.74, 6) is 1.16. The fourth-order valence-electron chi connectivity index (χ4n) is 2.56. The van der Waals surface area contributed by atoms with Crippen LogP contribution in [0.4, 0.5) is 17.2 Å². The van der Waals surface area contributed by atoms with E-state index in [1.165, 1.54) is 6.39 Å². The van der Waals surface area contributed by atoms with Crippen LogP contribution in [0, 0.1) is 0 Å². The summed E-state index contributed by atoms with van der Waals surface area (Å²) in [6.07, 6.45) is 4.62. The maximum absolute atomic E-state index is 12.4. The lowest BCUT2D eigenvalue weighted by molar-refractivity contribution is 0.102. The average molecular weight is 356 g/mol. The van der Waals surface area contributed by atoms with Crippen LogP contribution in [-0.4, -0.2) is 15.9 Å². The molecule has 2 heterocycles. The van der Waals surface area contributed by atoms with E-state index >= 15 is 0 Å². The Hall–Kier alpha value is -3.93. The molecular weight excluding hydrogens is 340 g/mol. The molecular formula is C21H16N4O2. The molecule has 0 aliphatic rings. The highest BCUT2D eigenvalue weighted by Gasteiger charge is 2.08. The standard InChI is InChI=1S/C21H16N4O2/c26-21(16-8-6-15(7-9-16)19-13-22-14-27-19)25-18-10-11-20(23-12-18)24-17-4-2-1-3-5-17/h1-14H,(H,23,24)(H,25,26). The molecule has 0 aliphatic heterocycles. The molecule has 0 saturated heterocycles. The quantitative estimate of drug-likeness (QED) is 0.540. The summed E-state index contributed by atoms with van der Waals surface area (Å²) in [5, 5.41) is 6.04. The van der Waals surface area contributed by atoms with Gasteiger partial charge in [-0.05, 0) is 36.4 Å². The number of nitrogens with zero attached hydrogens (tertiary/aromatic N) is 2. The Bertz CT molecular complexity index is 1010. The van der Waals surface area contributed by atoms with E-state index in [1.807, 2.05) is 48.5 Å². The van der Waals surface area contributed by atoms with Crippen molar-refractivity contribution in [3.63, 3.8) is 0 Å². The van der Waals surface area contributed by atoms with Crippen molar-refractivity contribution in [3.05, 3.63) is 91.1 Å². The molecule has 132 valence electrons. The van der Waals surface area contributed by atoms with Crippen LogP contribution in [0.15, 0.2) is 89.9 Å². The summed E-state index contributed by atoms with van der Waals surface area (Å²) in [6, 6.07) is 20.5. The smallest absolute Gasteiger partial charge is 0.255 e. The van der Waals surface area contributed by atoms with Gasteiger partial charge in [0, 0.05) is 16.8 Å². The lowest BCUT2D eigenvalue weighted by atomic mass is 10.1. The van der Waals surface area contributed by atoms with E-state index in [0.717, 1.165) is 11.3 Å². The van der Waals surface area contributed by atoms with Gasteiger partial charge < -0.3 is 15.1 Å². The molecule has 0 bridgehead atoms. The number of amides is 1. The lowest BCUT2D eigenvalue weighted by Gasteiger charge is -2.08. The van der Waals surface area contributed by atoms with Gasteiger partial charge in [0.25, 0.3) is 5.91 Å². The number of carbonyl (C=O) groups excluding carboxylic acids is 1. The summed E-state index contributed by atoms with van der Waals surface area (Å²) in [4.78, 5) is 20.6. The predicted molar refractivity (Wildman–Crippen MR) is 104 cm³/mol. The number of hydrogen-bond donors (Lipinski definition) is 2. The van der Waals surface area contributed by atoms with Crippen molar-refractivity contribution in [2.24, 2.45) is 0 Å². The second-order valence-electron chi connectivity index (χ2n) is 5.82. The summed E-state index contributed by atoms with van der Waals surface area (Å²) in [5.41, 5.74) is 2.98. The van der Waals surface area contributed by atoms with Gasteiger partial charge in [-0.2, -0.15) is 0 Å². The maximum Gasteiger partial charge on any atom is 0.255 e. The highest BCUT2D eigenvalue weighted by molar-refractivity contribution is 6.04. The van der Waals surface area contributed by atoms with Gasteiger partial charge in [0.1, 0.15) is 5.82 Å². The van der Waals surface area contributed by atoms with Crippen LogP contribution in [0.1, 0.15) is 10.4 Å².